The van der Waals surface area contributed by atoms with E-state index in [1.807, 2.05) is 19.1 Å². The van der Waals surface area contributed by atoms with Crippen LogP contribution in [0.5, 0.6) is 5.75 Å². The Morgan fingerprint density at radius 2 is 1.96 bits per heavy atom. The molecule has 28 heavy (non-hydrogen) atoms. The van der Waals surface area contributed by atoms with Crippen molar-refractivity contribution in [3.05, 3.63) is 51.5 Å². The fourth-order valence-electron chi connectivity index (χ4n) is 4.19. The highest BCUT2D eigenvalue weighted by Gasteiger charge is 2.45. The summed E-state index contributed by atoms with van der Waals surface area (Å²) >= 11 is 1.63. The highest BCUT2D eigenvalue weighted by molar-refractivity contribution is 8.05. The van der Waals surface area contributed by atoms with E-state index in [1.165, 1.54) is 35.1 Å². The molecule has 3 unspecified atom stereocenters. The molecule has 3 atom stereocenters. The van der Waals surface area contributed by atoms with Crippen LogP contribution in [0.2, 0.25) is 0 Å². The summed E-state index contributed by atoms with van der Waals surface area (Å²) in [6, 6.07) is 8.39. The molecule has 0 radical (unpaired) electrons. The van der Waals surface area contributed by atoms with E-state index in [2.05, 4.69) is 34.9 Å². The smallest absolute Gasteiger partial charge is 0.258 e. The number of methoxy groups -OCH3 is 1. The van der Waals surface area contributed by atoms with Crippen LogP contribution in [0.1, 0.15) is 44.6 Å². The molecule has 2 fully saturated rings. The molecule has 1 aromatic rings. The van der Waals surface area contributed by atoms with E-state index < -0.39 is 0 Å². The molecule has 1 aromatic carbocycles. The lowest BCUT2D eigenvalue weighted by Crippen LogP contribution is -2.29. The van der Waals surface area contributed by atoms with Crippen molar-refractivity contribution in [1.29, 1.82) is 0 Å². The first-order valence-electron chi connectivity index (χ1n) is 9.93. The molecule has 1 amide bonds. The highest BCUT2D eigenvalue weighted by atomic mass is 32.2. The first kappa shape index (κ1) is 17.9. The van der Waals surface area contributed by atoms with Crippen molar-refractivity contribution in [1.82, 2.24) is 10.7 Å². The maximum Gasteiger partial charge on any atom is 0.258 e. The fourth-order valence-corrected chi connectivity index (χ4v) is 5.52. The van der Waals surface area contributed by atoms with Gasteiger partial charge in [0.2, 0.25) is 0 Å². The molecular formula is C22H25N3O2S. The molecule has 146 valence electrons. The topological polar surface area (TPSA) is 62.7 Å². The molecule has 5 rings (SSSR count). The van der Waals surface area contributed by atoms with E-state index in [0.717, 1.165) is 22.8 Å². The van der Waals surface area contributed by atoms with Gasteiger partial charge in [0.25, 0.3) is 5.91 Å². The Morgan fingerprint density at radius 3 is 2.64 bits per heavy atom. The summed E-state index contributed by atoms with van der Waals surface area (Å²) in [5.74, 6) is 1.88. The molecule has 2 heterocycles. The van der Waals surface area contributed by atoms with Crippen molar-refractivity contribution in [2.24, 2.45) is 11.0 Å². The number of fused-ring (bicyclic) bond motifs is 1. The van der Waals surface area contributed by atoms with Gasteiger partial charge in [-0.2, -0.15) is 5.10 Å². The second kappa shape index (κ2) is 6.69. The van der Waals surface area contributed by atoms with Crippen molar-refractivity contribution >= 4 is 23.4 Å². The van der Waals surface area contributed by atoms with E-state index >= 15 is 0 Å². The van der Waals surface area contributed by atoms with Crippen LogP contribution in [-0.4, -0.2) is 30.1 Å². The van der Waals surface area contributed by atoms with Crippen LogP contribution in [0.25, 0.3) is 0 Å². The quantitative estimate of drug-likeness (QED) is 0.798. The number of allylic oxidation sites excluding steroid dienone is 1. The van der Waals surface area contributed by atoms with E-state index in [0.29, 0.717) is 11.8 Å². The van der Waals surface area contributed by atoms with Crippen LogP contribution in [0.15, 0.2) is 51.0 Å². The minimum atomic E-state index is 0.0802. The Bertz CT molecular complexity index is 928. The van der Waals surface area contributed by atoms with E-state index in [4.69, 9.17) is 4.74 Å². The SMILES string of the molecule is COc1ccc(C2CC2NC(=O)C2=C(C3CC3)C3=C(C)C(C)=NNC3S2)cc1. The third-order valence-corrected chi connectivity index (χ3v) is 7.39. The van der Waals surface area contributed by atoms with Gasteiger partial charge in [-0.3, -0.25) is 10.2 Å². The number of rotatable bonds is 5. The molecule has 0 bridgehead atoms. The molecule has 2 aliphatic carbocycles. The minimum Gasteiger partial charge on any atom is -0.497 e. The zero-order chi connectivity index (χ0) is 19.4. The van der Waals surface area contributed by atoms with Crippen LogP contribution in [0, 0.1) is 5.92 Å². The van der Waals surface area contributed by atoms with Gasteiger partial charge in [-0.1, -0.05) is 23.9 Å². The Kier molecular flexibility index (Phi) is 4.27. The van der Waals surface area contributed by atoms with Crippen molar-refractivity contribution in [3.63, 3.8) is 0 Å². The molecular weight excluding hydrogens is 370 g/mol. The van der Waals surface area contributed by atoms with Gasteiger partial charge in [0.1, 0.15) is 11.1 Å². The second-order valence-electron chi connectivity index (χ2n) is 8.08. The third kappa shape index (κ3) is 3.04. The normalized spacial score (nSPS) is 28.5. The van der Waals surface area contributed by atoms with Gasteiger partial charge >= 0.3 is 0 Å². The van der Waals surface area contributed by atoms with Crippen LogP contribution in [0.4, 0.5) is 0 Å². The van der Waals surface area contributed by atoms with Gasteiger partial charge in [0.15, 0.2) is 0 Å². The zero-order valence-electron chi connectivity index (χ0n) is 16.4. The number of carbonyl (C=O) groups is 1. The monoisotopic (exact) mass is 395 g/mol. The number of hydrazone groups is 1. The third-order valence-electron chi connectivity index (χ3n) is 6.17. The Hall–Kier alpha value is -2.21. The lowest BCUT2D eigenvalue weighted by Gasteiger charge is -2.22. The Balaban J connectivity index is 1.34. The predicted octanol–water partition coefficient (Wildman–Crippen LogP) is 3.70. The maximum absolute atomic E-state index is 13.1. The van der Waals surface area contributed by atoms with Crippen LogP contribution in [0.3, 0.4) is 0 Å². The molecule has 6 heteroatoms. The number of hydrogen-bond acceptors (Lipinski definition) is 5. The largest absolute Gasteiger partial charge is 0.497 e. The van der Waals surface area contributed by atoms with Crippen molar-refractivity contribution < 1.29 is 9.53 Å². The van der Waals surface area contributed by atoms with Crippen LogP contribution < -0.4 is 15.5 Å². The van der Waals surface area contributed by atoms with Crippen LogP contribution in [-0.2, 0) is 4.79 Å². The standard InChI is InChI=1S/C22H25N3O2S/c1-11-12(2)24-25-22-18(11)19(14-4-5-14)20(28-22)21(26)23-17-10-16(17)13-6-8-15(27-3)9-7-13/h6-9,14,16-17,22,25H,4-5,10H2,1-3H3,(H,23,26). The summed E-state index contributed by atoms with van der Waals surface area (Å²) in [6.07, 6.45) is 3.37. The number of thioether (sulfide) groups is 1. The first-order valence-corrected chi connectivity index (χ1v) is 10.8. The number of nitrogens with one attached hydrogen (secondary N) is 2. The average molecular weight is 396 g/mol. The summed E-state index contributed by atoms with van der Waals surface area (Å²) in [7, 11) is 1.68. The molecule has 2 saturated carbocycles. The second-order valence-corrected chi connectivity index (χ2v) is 9.19. The lowest BCUT2D eigenvalue weighted by atomic mass is 9.93. The average Bonchev–Trinajstić information content (AvgIpc) is 3.63. The molecule has 0 saturated heterocycles. The van der Waals surface area contributed by atoms with Gasteiger partial charge in [-0.25, -0.2) is 0 Å². The van der Waals surface area contributed by atoms with Gasteiger partial charge in [0.05, 0.1) is 17.7 Å². The van der Waals surface area contributed by atoms with Gasteiger partial charge in [0, 0.05) is 12.0 Å². The number of ether oxygens (including phenoxy) is 1. The van der Waals surface area contributed by atoms with Gasteiger partial charge < -0.3 is 10.1 Å². The van der Waals surface area contributed by atoms with Gasteiger partial charge in [-0.15, -0.1) is 0 Å². The summed E-state index contributed by atoms with van der Waals surface area (Å²) in [4.78, 5) is 14.1. The number of carbonyl (C=O) groups excluding carboxylic acids is 1. The molecule has 0 spiro atoms. The van der Waals surface area contributed by atoms with Crippen molar-refractivity contribution in [3.8, 4) is 5.75 Å². The maximum atomic E-state index is 13.1. The zero-order valence-corrected chi connectivity index (χ0v) is 17.2. The number of amides is 1. The fraction of sp³-hybridized carbons (Fsp3) is 0.455. The summed E-state index contributed by atoms with van der Waals surface area (Å²) in [5.41, 5.74) is 9.31. The molecule has 2 N–H and O–H groups in total. The summed E-state index contributed by atoms with van der Waals surface area (Å²) in [5, 5.41) is 7.78. The molecule has 4 aliphatic rings. The van der Waals surface area contributed by atoms with E-state index in [-0.39, 0.29) is 17.3 Å². The number of nitrogens with zero attached hydrogens (tertiary/aromatic N) is 1. The van der Waals surface area contributed by atoms with Crippen LogP contribution >= 0.6 is 11.8 Å². The summed E-state index contributed by atoms with van der Waals surface area (Å²) < 4.78 is 5.23. The number of hydrogen-bond donors (Lipinski definition) is 2. The molecule has 5 nitrogen and oxygen atoms in total. The molecule has 2 aliphatic heterocycles. The lowest BCUT2D eigenvalue weighted by molar-refractivity contribution is -0.117. The minimum absolute atomic E-state index is 0.0802. The number of benzene rings is 1. The van der Waals surface area contributed by atoms with Crippen molar-refractivity contribution in [2.45, 2.75) is 50.4 Å². The summed E-state index contributed by atoms with van der Waals surface area (Å²) in [6.45, 7) is 4.16. The van der Waals surface area contributed by atoms with Crippen molar-refractivity contribution in [2.75, 3.05) is 7.11 Å². The highest BCUT2D eigenvalue weighted by Crippen LogP contribution is 2.53. The van der Waals surface area contributed by atoms with E-state index in [1.54, 1.807) is 18.9 Å². The Morgan fingerprint density at radius 1 is 1.21 bits per heavy atom. The molecule has 0 aromatic heterocycles. The van der Waals surface area contributed by atoms with E-state index in [9.17, 15) is 4.79 Å². The Labute approximate surface area is 169 Å². The predicted molar refractivity (Wildman–Crippen MR) is 112 cm³/mol. The first-order chi connectivity index (χ1) is 13.6. The van der Waals surface area contributed by atoms with Gasteiger partial charge in [-0.05, 0) is 73.4 Å².